The number of aromatic carboxylic acids is 1. The SMILES string of the molecule is CC1(Nc2ncc(C(=O)O)cn2)CCC1. The zero-order valence-electron chi connectivity index (χ0n) is 8.53. The average molecular weight is 207 g/mol. The Bertz CT molecular complexity index is 371. The zero-order valence-corrected chi connectivity index (χ0v) is 8.53. The third kappa shape index (κ3) is 2.06. The summed E-state index contributed by atoms with van der Waals surface area (Å²) in [5.41, 5.74) is 0.199. The molecule has 1 saturated carbocycles. The molecular weight excluding hydrogens is 194 g/mol. The van der Waals surface area contributed by atoms with Crippen molar-refractivity contribution in [2.75, 3.05) is 5.32 Å². The fraction of sp³-hybridized carbons (Fsp3) is 0.500. The van der Waals surface area contributed by atoms with Crippen molar-refractivity contribution in [1.29, 1.82) is 0 Å². The summed E-state index contributed by atoms with van der Waals surface area (Å²) in [6.07, 6.45) is 6.07. The first-order valence-corrected chi connectivity index (χ1v) is 4.93. The van der Waals surface area contributed by atoms with Crippen LogP contribution in [0.2, 0.25) is 0 Å². The molecule has 1 aliphatic rings. The van der Waals surface area contributed by atoms with E-state index >= 15 is 0 Å². The Hall–Kier alpha value is -1.65. The Balaban J connectivity index is 2.07. The molecule has 80 valence electrons. The summed E-state index contributed by atoms with van der Waals surface area (Å²) in [5, 5.41) is 11.9. The van der Waals surface area contributed by atoms with Gasteiger partial charge < -0.3 is 10.4 Å². The first-order valence-electron chi connectivity index (χ1n) is 4.93. The third-order valence-electron chi connectivity index (χ3n) is 2.77. The lowest BCUT2D eigenvalue weighted by atomic mass is 9.79. The quantitative estimate of drug-likeness (QED) is 0.786. The van der Waals surface area contributed by atoms with Gasteiger partial charge in [0.05, 0.1) is 5.56 Å². The topological polar surface area (TPSA) is 75.1 Å². The van der Waals surface area contributed by atoms with Gasteiger partial charge in [-0.2, -0.15) is 0 Å². The lowest BCUT2D eigenvalue weighted by molar-refractivity contribution is 0.0696. The van der Waals surface area contributed by atoms with E-state index in [4.69, 9.17) is 5.11 Å². The fourth-order valence-corrected chi connectivity index (χ4v) is 1.61. The third-order valence-corrected chi connectivity index (χ3v) is 2.77. The van der Waals surface area contributed by atoms with E-state index in [0.29, 0.717) is 5.95 Å². The number of aromatic nitrogens is 2. The molecule has 1 aromatic rings. The van der Waals surface area contributed by atoms with Crippen molar-refractivity contribution >= 4 is 11.9 Å². The van der Waals surface area contributed by atoms with Crippen LogP contribution >= 0.6 is 0 Å². The number of carbonyl (C=O) groups is 1. The van der Waals surface area contributed by atoms with Gasteiger partial charge in [-0.3, -0.25) is 0 Å². The van der Waals surface area contributed by atoms with E-state index < -0.39 is 5.97 Å². The molecule has 2 N–H and O–H groups in total. The molecule has 1 aliphatic carbocycles. The largest absolute Gasteiger partial charge is 0.478 e. The van der Waals surface area contributed by atoms with Crippen LogP contribution in [0.3, 0.4) is 0 Å². The standard InChI is InChI=1S/C10H13N3O2/c1-10(3-2-4-10)13-9-11-5-7(6-12-9)8(14)15/h5-6H,2-4H2,1H3,(H,14,15)(H,11,12,13). The molecule has 0 saturated heterocycles. The molecule has 1 heterocycles. The van der Waals surface area contributed by atoms with Gasteiger partial charge in [-0.05, 0) is 26.2 Å². The van der Waals surface area contributed by atoms with Crippen LogP contribution in [0.25, 0.3) is 0 Å². The number of anilines is 1. The predicted molar refractivity (Wildman–Crippen MR) is 54.9 cm³/mol. The van der Waals surface area contributed by atoms with Crippen molar-refractivity contribution < 1.29 is 9.90 Å². The molecule has 2 rings (SSSR count). The lowest BCUT2D eigenvalue weighted by Crippen LogP contribution is -2.42. The Labute approximate surface area is 87.6 Å². The highest BCUT2D eigenvalue weighted by molar-refractivity contribution is 5.86. The molecule has 0 atom stereocenters. The molecular formula is C10H13N3O2. The van der Waals surface area contributed by atoms with Gasteiger partial charge in [0.1, 0.15) is 0 Å². The molecule has 0 spiro atoms. The first kappa shape index (κ1) is 9.89. The van der Waals surface area contributed by atoms with Gasteiger partial charge in [0.2, 0.25) is 5.95 Å². The molecule has 5 heteroatoms. The summed E-state index contributed by atoms with van der Waals surface area (Å²) in [5.74, 6) is -0.501. The van der Waals surface area contributed by atoms with Gasteiger partial charge in [-0.1, -0.05) is 0 Å². The van der Waals surface area contributed by atoms with E-state index in [9.17, 15) is 4.79 Å². The molecule has 5 nitrogen and oxygen atoms in total. The van der Waals surface area contributed by atoms with E-state index in [2.05, 4.69) is 22.2 Å². The molecule has 0 unspecified atom stereocenters. The minimum Gasteiger partial charge on any atom is -0.478 e. The Morgan fingerprint density at radius 3 is 2.47 bits per heavy atom. The second-order valence-corrected chi connectivity index (χ2v) is 4.14. The number of nitrogens with zero attached hydrogens (tertiary/aromatic N) is 2. The highest BCUT2D eigenvalue weighted by Crippen LogP contribution is 2.33. The van der Waals surface area contributed by atoms with Gasteiger partial charge in [0, 0.05) is 17.9 Å². The number of hydrogen-bond donors (Lipinski definition) is 2. The van der Waals surface area contributed by atoms with E-state index in [0.717, 1.165) is 12.8 Å². The maximum atomic E-state index is 10.6. The van der Waals surface area contributed by atoms with Gasteiger partial charge in [-0.25, -0.2) is 14.8 Å². The van der Waals surface area contributed by atoms with Gasteiger partial charge >= 0.3 is 5.97 Å². The molecule has 0 bridgehead atoms. The predicted octanol–water partition coefficient (Wildman–Crippen LogP) is 1.53. The molecule has 1 fully saturated rings. The molecule has 0 amide bonds. The van der Waals surface area contributed by atoms with Crippen molar-refractivity contribution in [2.45, 2.75) is 31.7 Å². The van der Waals surface area contributed by atoms with E-state index in [1.54, 1.807) is 0 Å². The average Bonchev–Trinajstić information content (AvgIpc) is 2.16. The highest BCUT2D eigenvalue weighted by Gasteiger charge is 2.32. The van der Waals surface area contributed by atoms with Crippen molar-refractivity contribution in [1.82, 2.24) is 9.97 Å². The summed E-state index contributed by atoms with van der Waals surface area (Å²) in [6.45, 7) is 2.12. The lowest BCUT2D eigenvalue weighted by Gasteiger charge is -2.39. The highest BCUT2D eigenvalue weighted by atomic mass is 16.4. The van der Waals surface area contributed by atoms with Crippen LogP contribution in [-0.2, 0) is 0 Å². The van der Waals surface area contributed by atoms with Gasteiger partial charge in [0.25, 0.3) is 0 Å². The van der Waals surface area contributed by atoms with Crippen molar-refractivity contribution in [3.8, 4) is 0 Å². The van der Waals surface area contributed by atoms with Crippen LogP contribution < -0.4 is 5.32 Å². The minimum absolute atomic E-state index is 0.0880. The molecule has 0 radical (unpaired) electrons. The Morgan fingerprint density at radius 2 is 2.07 bits per heavy atom. The number of rotatable bonds is 3. The maximum absolute atomic E-state index is 10.6. The van der Waals surface area contributed by atoms with Crippen LogP contribution in [-0.4, -0.2) is 26.6 Å². The summed E-state index contributed by atoms with van der Waals surface area (Å²) < 4.78 is 0. The van der Waals surface area contributed by atoms with E-state index in [1.165, 1.54) is 18.8 Å². The summed E-state index contributed by atoms with van der Waals surface area (Å²) in [7, 11) is 0. The number of nitrogens with one attached hydrogen (secondary N) is 1. The van der Waals surface area contributed by atoms with Crippen LogP contribution in [0.1, 0.15) is 36.5 Å². The summed E-state index contributed by atoms with van der Waals surface area (Å²) >= 11 is 0. The van der Waals surface area contributed by atoms with Gasteiger partial charge in [-0.15, -0.1) is 0 Å². The van der Waals surface area contributed by atoms with Crippen LogP contribution in [0.5, 0.6) is 0 Å². The monoisotopic (exact) mass is 207 g/mol. The number of carboxylic acids is 1. The van der Waals surface area contributed by atoms with Crippen LogP contribution in [0, 0.1) is 0 Å². The van der Waals surface area contributed by atoms with Gasteiger partial charge in [0.15, 0.2) is 0 Å². The zero-order chi connectivity index (χ0) is 10.9. The molecule has 0 aliphatic heterocycles. The Morgan fingerprint density at radius 1 is 1.47 bits per heavy atom. The molecule has 1 aromatic heterocycles. The van der Waals surface area contributed by atoms with Crippen molar-refractivity contribution in [3.63, 3.8) is 0 Å². The van der Waals surface area contributed by atoms with Crippen LogP contribution in [0.4, 0.5) is 5.95 Å². The number of carboxylic acid groups (broad SMARTS) is 1. The number of hydrogen-bond acceptors (Lipinski definition) is 4. The first-order chi connectivity index (χ1) is 7.09. The summed E-state index contributed by atoms with van der Waals surface area (Å²) in [6, 6.07) is 0. The van der Waals surface area contributed by atoms with Crippen molar-refractivity contribution in [3.05, 3.63) is 18.0 Å². The normalized spacial score (nSPS) is 17.9. The Kier molecular flexibility index (Phi) is 2.30. The van der Waals surface area contributed by atoms with E-state index in [-0.39, 0.29) is 11.1 Å². The van der Waals surface area contributed by atoms with Crippen molar-refractivity contribution in [2.24, 2.45) is 0 Å². The maximum Gasteiger partial charge on any atom is 0.338 e. The smallest absolute Gasteiger partial charge is 0.338 e. The van der Waals surface area contributed by atoms with E-state index in [1.807, 2.05) is 0 Å². The molecule has 15 heavy (non-hydrogen) atoms. The minimum atomic E-state index is -1.00. The second-order valence-electron chi connectivity index (χ2n) is 4.14. The van der Waals surface area contributed by atoms with Crippen LogP contribution in [0.15, 0.2) is 12.4 Å². The fourth-order valence-electron chi connectivity index (χ4n) is 1.61. The second kappa shape index (κ2) is 3.49. The molecule has 0 aromatic carbocycles. The summed E-state index contributed by atoms with van der Waals surface area (Å²) in [4.78, 5) is 18.5.